The normalized spacial score (nSPS) is 17.0. The van der Waals surface area contributed by atoms with Crippen LogP contribution in [0.1, 0.15) is 44.3 Å². The van der Waals surface area contributed by atoms with Crippen LogP contribution in [0.15, 0.2) is 39.0 Å². The molecule has 24 heteroatoms. The number of thiazole rings is 1. The summed E-state index contributed by atoms with van der Waals surface area (Å²) in [5.74, 6) is -8.85. The van der Waals surface area contributed by atoms with E-state index in [4.69, 9.17) is 10.6 Å². The Labute approximate surface area is 307 Å². The number of anilines is 1. The van der Waals surface area contributed by atoms with Crippen molar-refractivity contribution in [1.29, 1.82) is 0 Å². The van der Waals surface area contributed by atoms with Gasteiger partial charge in [-0.3, -0.25) is 14.5 Å². The van der Waals surface area contributed by atoms with Crippen LogP contribution in [0.3, 0.4) is 0 Å². The minimum absolute atomic E-state index is 0.0486. The lowest BCUT2D eigenvalue weighted by atomic mass is 10.0. The summed E-state index contributed by atoms with van der Waals surface area (Å²) in [4.78, 5) is 80.7. The van der Waals surface area contributed by atoms with Crippen molar-refractivity contribution >= 4 is 81.2 Å². The molecule has 2 aliphatic heterocycles. The van der Waals surface area contributed by atoms with E-state index in [1.807, 2.05) is 0 Å². The van der Waals surface area contributed by atoms with Crippen molar-refractivity contribution < 1.29 is 59.4 Å². The summed E-state index contributed by atoms with van der Waals surface area (Å²) in [7, 11) is 0. The number of aryl methyl sites for hydroxylation is 1. The van der Waals surface area contributed by atoms with Crippen LogP contribution in [0.2, 0.25) is 0 Å². The second kappa shape index (κ2) is 14.5. The van der Waals surface area contributed by atoms with E-state index in [0.29, 0.717) is 22.0 Å². The molecular weight excluding hydrogens is 763 g/mol. The van der Waals surface area contributed by atoms with Crippen molar-refractivity contribution in [2.45, 2.75) is 36.4 Å². The van der Waals surface area contributed by atoms with Crippen molar-refractivity contribution in [2.75, 3.05) is 17.2 Å². The SMILES string of the molecule is Cc1cc(SCCC2=C(C(=O)O)N3C(=O)[C@@H](NC(=O)/C(=N\OCc4cc(O)c(O)c(O)c4C(=O)O)c4csc(N)n4)[C@H]3SC2)n2nc(C(=O)O)nc2n1. The Bertz CT molecular complexity index is 2290. The van der Waals surface area contributed by atoms with Gasteiger partial charge in [0.15, 0.2) is 22.3 Å². The molecule has 0 radical (unpaired) electrons. The number of phenols is 3. The third-order valence-electron chi connectivity index (χ3n) is 7.69. The molecule has 276 valence electrons. The largest absolute Gasteiger partial charge is 0.504 e. The topological polar surface area (TPSA) is 326 Å². The number of oxime groups is 1. The number of hydrogen-bond donors (Lipinski definition) is 8. The molecule has 0 bridgehead atoms. The number of benzene rings is 1. The summed E-state index contributed by atoms with van der Waals surface area (Å²) in [6, 6.07) is 1.32. The van der Waals surface area contributed by atoms with E-state index in [1.165, 1.54) is 33.4 Å². The number of aromatic nitrogens is 5. The number of aromatic carboxylic acids is 2. The highest BCUT2D eigenvalue weighted by atomic mass is 32.2. The average molecular weight is 788 g/mol. The number of nitrogen functional groups attached to an aromatic ring is 1. The van der Waals surface area contributed by atoms with Gasteiger partial charge in [0.25, 0.3) is 23.4 Å². The predicted molar refractivity (Wildman–Crippen MR) is 184 cm³/mol. The minimum atomic E-state index is -1.66. The van der Waals surface area contributed by atoms with Crippen LogP contribution >= 0.6 is 34.9 Å². The van der Waals surface area contributed by atoms with Gasteiger partial charge in [0, 0.05) is 28.1 Å². The summed E-state index contributed by atoms with van der Waals surface area (Å²) in [5.41, 5.74) is 4.87. The van der Waals surface area contributed by atoms with Crippen molar-refractivity contribution in [1.82, 2.24) is 34.8 Å². The first kappa shape index (κ1) is 36.6. The summed E-state index contributed by atoms with van der Waals surface area (Å²) in [6.45, 7) is 0.990. The summed E-state index contributed by atoms with van der Waals surface area (Å²) in [5, 5.41) is 69.8. The van der Waals surface area contributed by atoms with Gasteiger partial charge in [-0.25, -0.2) is 24.4 Å². The Hall–Kier alpha value is -6.14. The number of rotatable bonds is 13. The fourth-order valence-electron chi connectivity index (χ4n) is 5.33. The van der Waals surface area contributed by atoms with Gasteiger partial charge in [0.1, 0.15) is 40.0 Å². The lowest BCUT2D eigenvalue weighted by molar-refractivity contribution is -0.150. The molecule has 21 nitrogen and oxygen atoms in total. The number of carbonyl (C=O) groups excluding carboxylic acids is 2. The number of β-lactam (4-membered cyclic amide) rings is 1. The van der Waals surface area contributed by atoms with Crippen LogP contribution in [0, 0.1) is 6.92 Å². The lowest BCUT2D eigenvalue weighted by Crippen LogP contribution is -2.71. The first-order valence-corrected chi connectivity index (χ1v) is 17.8. The number of thioether (sulfide) groups is 2. The van der Waals surface area contributed by atoms with E-state index in [-0.39, 0.29) is 40.0 Å². The lowest BCUT2D eigenvalue weighted by Gasteiger charge is -2.49. The first-order valence-electron chi connectivity index (χ1n) is 14.9. The number of carboxylic acid groups (broad SMARTS) is 3. The van der Waals surface area contributed by atoms with E-state index in [2.05, 4.69) is 30.5 Å². The number of amides is 2. The van der Waals surface area contributed by atoms with Gasteiger partial charge in [-0.05, 0) is 31.1 Å². The van der Waals surface area contributed by atoms with E-state index in [0.717, 1.165) is 22.3 Å². The number of aromatic hydroxyl groups is 3. The highest BCUT2D eigenvalue weighted by Gasteiger charge is 2.54. The Morgan fingerprint density at radius 2 is 1.83 bits per heavy atom. The van der Waals surface area contributed by atoms with E-state index in [1.54, 1.807) is 13.0 Å². The minimum Gasteiger partial charge on any atom is -0.504 e. The molecule has 0 unspecified atom stereocenters. The molecule has 6 rings (SSSR count). The van der Waals surface area contributed by atoms with Gasteiger partial charge >= 0.3 is 17.9 Å². The van der Waals surface area contributed by atoms with Crippen molar-refractivity contribution in [3.05, 3.63) is 57.1 Å². The number of nitrogens with zero attached hydrogens (tertiary/aromatic N) is 7. The fraction of sp³-hybridized carbons (Fsp3) is 0.241. The van der Waals surface area contributed by atoms with Crippen LogP contribution in [-0.2, 0) is 25.8 Å². The predicted octanol–water partition coefficient (Wildman–Crippen LogP) is 0.827. The van der Waals surface area contributed by atoms with Crippen LogP contribution in [0.5, 0.6) is 17.2 Å². The van der Waals surface area contributed by atoms with Gasteiger partial charge in [0.2, 0.25) is 5.75 Å². The van der Waals surface area contributed by atoms with Crippen LogP contribution in [0.4, 0.5) is 5.13 Å². The zero-order chi connectivity index (χ0) is 38.3. The molecule has 2 amide bonds. The highest BCUT2D eigenvalue weighted by Crippen LogP contribution is 2.42. The van der Waals surface area contributed by atoms with Crippen molar-refractivity contribution in [3.63, 3.8) is 0 Å². The first-order chi connectivity index (χ1) is 25.2. The Balaban J connectivity index is 1.16. The van der Waals surface area contributed by atoms with Crippen molar-refractivity contribution in [3.8, 4) is 17.2 Å². The van der Waals surface area contributed by atoms with Gasteiger partial charge in [-0.2, -0.15) is 9.50 Å². The van der Waals surface area contributed by atoms with E-state index in [9.17, 15) is 54.6 Å². The van der Waals surface area contributed by atoms with Crippen LogP contribution in [-0.4, -0.2) is 118 Å². The van der Waals surface area contributed by atoms with Crippen molar-refractivity contribution in [2.24, 2.45) is 5.16 Å². The maximum atomic E-state index is 13.5. The zero-order valence-electron chi connectivity index (χ0n) is 26.8. The number of phenolic OH excluding ortho intramolecular Hbond substituents is 2. The second-order valence-electron chi connectivity index (χ2n) is 11.1. The Morgan fingerprint density at radius 1 is 1.08 bits per heavy atom. The molecule has 3 aromatic heterocycles. The molecule has 2 atom stereocenters. The van der Waals surface area contributed by atoms with Gasteiger partial charge in [-0.1, -0.05) is 5.16 Å². The Kier molecular flexibility index (Phi) is 10.0. The Morgan fingerprint density at radius 3 is 2.49 bits per heavy atom. The molecule has 2 aliphatic rings. The average Bonchev–Trinajstić information content (AvgIpc) is 3.73. The molecule has 0 aliphatic carbocycles. The number of fused-ring (bicyclic) bond motifs is 2. The van der Waals surface area contributed by atoms with Crippen LogP contribution in [0.25, 0.3) is 5.78 Å². The number of aliphatic carboxylic acids is 1. The van der Waals surface area contributed by atoms with Gasteiger partial charge < -0.3 is 46.5 Å². The maximum absolute atomic E-state index is 13.5. The third-order valence-corrected chi connectivity index (χ3v) is 10.7. The second-order valence-corrected chi connectivity index (χ2v) is 14.2. The molecule has 9 N–H and O–H groups in total. The molecule has 0 spiro atoms. The molecule has 0 saturated carbocycles. The zero-order valence-corrected chi connectivity index (χ0v) is 29.2. The third kappa shape index (κ3) is 7.05. The highest BCUT2D eigenvalue weighted by molar-refractivity contribution is 8.00. The number of nitrogens with two attached hydrogens (primary N) is 1. The number of carboxylic acids is 3. The van der Waals surface area contributed by atoms with Gasteiger partial charge in [-0.15, -0.1) is 40.0 Å². The molecule has 1 fully saturated rings. The van der Waals surface area contributed by atoms with Crippen LogP contribution < -0.4 is 11.1 Å². The maximum Gasteiger partial charge on any atom is 0.375 e. The van der Waals surface area contributed by atoms with Gasteiger partial charge in [0.05, 0.1) is 0 Å². The summed E-state index contributed by atoms with van der Waals surface area (Å²) >= 11 is 3.44. The number of carbonyl (C=O) groups is 5. The summed E-state index contributed by atoms with van der Waals surface area (Å²) in [6.07, 6.45) is 0.232. The molecule has 5 heterocycles. The molecule has 53 heavy (non-hydrogen) atoms. The standard InChI is InChI=1S/C29H25N9O12S3/c1-9-4-14(38-29(31-9)34-21(35-38)27(48)49)51-3-2-10-7-52-24-17(23(43)37(24)18(10)26(46)47)33-22(42)16(12-8-53-28(30)32-12)36-50-6-11-5-13(39)19(40)20(41)15(11)25(44)45/h4-5,8,17,24,39-41H,2-3,6-7H2,1H3,(H2,30,32)(H,33,42)(H,44,45)(H,46,47)(H,48,49)/b36-16-/t17-,24-/m1/s1. The van der Waals surface area contributed by atoms with E-state index < -0.39 is 82.1 Å². The number of nitrogens with one attached hydrogen (secondary N) is 1. The number of hydrogen-bond acceptors (Lipinski definition) is 18. The molecule has 1 saturated heterocycles. The van der Waals surface area contributed by atoms with E-state index >= 15 is 0 Å². The quantitative estimate of drug-likeness (QED) is 0.0232. The molecular formula is C29H25N9O12S3. The monoisotopic (exact) mass is 787 g/mol. The summed E-state index contributed by atoms with van der Waals surface area (Å²) < 4.78 is 1.28. The molecule has 1 aromatic carbocycles. The fourth-order valence-corrected chi connectivity index (χ4v) is 8.32. The molecule has 4 aromatic rings. The smallest absolute Gasteiger partial charge is 0.375 e.